The molecule has 2 heterocycles. The molecular weight excluding hydrogens is 386 g/mol. The van der Waals surface area contributed by atoms with Crippen LogP contribution in [-0.2, 0) is 6.54 Å². The first-order valence-corrected chi connectivity index (χ1v) is 10.1. The van der Waals surface area contributed by atoms with Crippen LogP contribution in [0.15, 0.2) is 53.6 Å². The van der Waals surface area contributed by atoms with E-state index in [1.54, 1.807) is 6.20 Å². The van der Waals surface area contributed by atoms with Crippen molar-refractivity contribution < 1.29 is 5.11 Å². The second-order valence-corrected chi connectivity index (χ2v) is 7.28. The smallest absolute Gasteiger partial charge is 0.223 e. The molecule has 0 atom stereocenters. The van der Waals surface area contributed by atoms with Crippen LogP contribution < -0.4 is 10.7 Å². The number of nitrogens with one attached hydrogen (secondary N) is 1. The number of benzene rings is 1. The third-order valence-corrected chi connectivity index (χ3v) is 5.11. The molecule has 0 aliphatic carbocycles. The van der Waals surface area contributed by atoms with E-state index in [2.05, 4.69) is 16.4 Å². The van der Waals surface area contributed by atoms with Crippen LogP contribution in [0.3, 0.4) is 0 Å². The highest BCUT2D eigenvalue weighted by Crippen LogP contribution is 2.21. The van der Waals surface area contributed by atoms with Gasteiger partial charge in [0.15, 0.2) is 5.75 Å². The highest BCUT2D eigenvalue weighted by molar-refractivity contribution is 5.90. The average molecular weight is 416 g/mol. The molecule has 156 valence electrons. The third-order valence-electron chi connectivity index (χ3n) is 5.11. The zero-order chi connectivity index (χ0) is 19.8. The van der Waals surface area contributed by atoms with Crippen molar-refractivity contribution in [1.82, 2.24) is 9.55 Å². The molecule has 6 heteroatoms. The minimum absolute atomic E-state index is 0. The topological polar surface area (TPSA) is 67.2 Å². The first-order valence-electron chi connectivity index (χ1n) is 10.1. The molecule has 3 rings (SSSR count). The van der Waals surface area contributed by atoms with Crippen molar-refractivity contribution in [2.24, 2.45) is 0 Å². The van der Waals surface area contributed by atoms with Crippen molar-refractivity contribution in [3.8, 4) is 5.75 Å². The molecule has 2 aromatic heterocycles. The van der Waals surface area contributed by atoms with E-state index in [4.69, 9.17) is 0 Å². The lowest BCUT2D eigenvalue weighted by atomic mass is 10.1. The number of pyridine rings is 2. The number of aryl methyl sites for hydroxylation is 2. The summed E-state index contributed by atoms with van der Waals surface area (Å²) in [5.74, 6) is -0.167. The van der Waals surface area contributed by atoms with Gasteiger partial charge in [-0.2, -0.15) is 0 Å². The lowest BCUT2D eigenvalue weighted by Crippen LogP contribution is -2.09. The maximum Gasteiger partial charge on any atom is 0.223 e. The predicted molar refractivity (Wildman–Crippen MR) is 122 cm³/mol. The van der Waals surface area contributed by atoms with Crippen LogP contribution >= 0.6 is 12.4 Å². The van der Waals surface area contributed by atoms with Gasteiger partial charge in [0.1, 0.15) is 0 Å². The molecule has 0 radical (unpaired) electrons. The van der Waals surface area contributed by atoms with Gasteiger partial charge in [-0.15, -0.1) is 12.4 Å². The summed E-state index contributed by atoms with van der Waals surface area (Å²) in [5.41, 5.74) is 2.78. The number of para-hydroxylation sites is 1. The molecule has 2 N–H and O–H groups in total. The Hall–Kier alpha value is -2.53. The Morgan fingerprint density at radius 3 is 2.59 bits per heavy atom. The van der Waals surface area contributed by atoms with E-state index < -0.39 is 0 Å². The molecule has 3 aromatic rings. The first kappa shape index (κ1) is 22.8. The SMILES string of the molecule is Cc1cc(=O)c(O)cn1CCCCCCCCNc1ccnc2ccccc12.Cl. The summed E-state index contributed by atoms with van der Waals surface area (Å²) in [4.78, 5) is 15.8. The zero-order valence-corrected chi connectivity index (χ0v) is 17.8. The molecule has 29 heavy (non-hydrogen) atoms. The van der Waals surface area contributed by atoms with E-state index in [0.717, 1.165) is 49.2 Å². The minimum atomic E-state index is -0.304. The van der Waals surface area contributed by atoms with E-state index in [1.165, 1.54) is 30.7 Å². The fourth-order valence-corrected chi connectivity index (χ4v) is 3.49. The summed E-state index contributed by atoms with van der Waals surface area (Å²) in [6.45, 7) is 3.72. The van der Waals surface area contributed by atoms with Crippen molar-refractivity contribution in [3.63, 3.8) is 0 Å². The number of unbranched alkanes of at least 4 members (excludes halogenated alkanes) is 5. The van der Waals surface area contributed by atoms with Gasteiger partial charge in [0.2, 0.25) is 5.43 Å². The van der Waals surface area contributed by atoms with Crippen LogP contribution in [0.1, 0.15) is 44.2 Å². The largest absolute Gasteiger partial charge is 0.503 e. The number of rotatable bonds is 10. The zero-order valence-electron chi connectivity index (χ0n) is 16.9. The van der Waals surface area contributed by atoms with Crippen LogP contribution in [0.25, 0.3) is 10.9 Å². The molecule has 0 amide bonds. The molecule has 0 spiro atoms. The van der Waals surface area contributed by atoms with Gasteiger partial charge in [-0.3, -0.25) is 9.78 Å². The van der Waals surface area contributed by atoms with Gasteiger partial charge in [0, 0.05) is 48.3 Å². The van der Waals surface area contributed by atoms with Gasteiger partial charge in [-0.25, -0.2) is 0 Å². The van der Waals surface area contributed by atoms with Crippen LogP contribution in [0.4, 0.5) is 5.69 Å². The second kappa shape index (κ2) is 11.5. The standard InChI is InChI=1S/C23H29N3O2.ClH/c1-18-16-22(27)23(28)17-26(18)15-9-5-3-2-4-8-13-24-21-12-14-25-20-11-7-6-10-19(20)21;/h6-7,10-12,14,16-17,28H,2-5,8-9,13,15H2,1H3,(H,24,25);1H. The summed E-state index contributed by atoms with van der Waals surface area (Å²) in [5, 5.41) is 14.3. The number of aromatic hydroxyl groups is 1. The van der Waals surface area contributed by atoms with Crippen LogP contribution in [0.2, 0.25) is 0 Å². The summed E-state index contributed by atoms with van der Waals surface area (Å²) < 4.78 is 1.96. The summed E-state index contributed by atoms with van der Waals surface area (Å²) >= 11 is 0. The lowest BCUT2D eigenvalue weighted by Gasteiger charge is -2.11. The van der Waals surface area contributed by atoms with Gasteiger partial charge >= 0.3 is 0 Å². The highest BCUT2D eigenvalue weighted by atomic mass is 35.5. The monoisotopic (exact) mass is 415 g/mol. The van der Waals surface area contributed by atoms with Gasteiger partial charge in [-0.05, 0) is 31.9 Å². The van der Waals surface area contributed by atoms with Crippen LogP contribution in [0, 0.1) is 6.92 Å². The van der Waals surface area contributed by atoms with Gasteiger partial charge in [0.05, 0.1) is 5.52 Å². The van der Waals surface area contributed by atoms with Gasteiger partial charge < -0.3 is 15.0 Å². The van der Waals surface area contributed by atoms with E-state index in [-0.39, 0.29) is 23.6 Å². The Kier molecular flexibility index (Phi) is 9.00. The number of nitrogens with zero attached hydrogens (tertiary/aromatic N) is 2. The van der Waals surface area contributed by atoms with Crippen LogP contribution in [-0.4, -0.2) is 21.2 Å². The number of halogens is 1. The van der Waals surface area contributed by atoms with Crippen molar-refractivity contribution in [2.45, 2.75) is 52.0 Å². The Bertz CT molecular complexity index is 966. The first-order chi connectivity index (χ1) is 13.6. The Morgan fingerprint density at radius 1 is 1.03 bits per heavy atom. The average Bonchev–Trinajstić information content (AvgIpc) is 2.70. The van der Waals surface area contributed by atoms with Crippen molar-refractivity contribution in [1.29, 1.82) is 0 Å². The molecule has 0 bridgehead atoms. The quantitative estimate of drug-likeness (QED) is 0.442. The number of anilines is 1. The fourth-order valence-electron chi connectivity index (χ4n) is 3.49. The van der Waals surface area contributed by atoms with E-state index in [1.807, 2.05) is 42.0 Å². The number of fused-ring (bicyclic) bond motifs is 1. The summed E-state index contributed by atoms with van der Waals surface area (Å²) in [6.07, 6.45) is 10.4. The van der Waals surface area contributed by atoms with Crippen molar-refractivity contribution in [2.75, 3.05) is 11.9 Å². The van der Waals surface area contributed by atoms with Crippen molar-refractivity contribution in [3.05, 3.63) is 64.7 Å². The van der Waals surface area contributed by atoms with Crippen molar-refractivity contribution >= 4 is 29.0 Å². The maximum absolute atomic E-state index is 11.4. The number of hydrogen-bond donors (Lipinski definition) is 2. The Labute approximate surface area is 178 Å². The molecular formula is C23H30ClN3O2. The van der Waals surface area contributed by atoms with E-state index in [9.17, 15) is 9.90 Å². The van der Waals surface area contributed by atoms with E-state index in [0.29, 0.717) is 0 Å². The second-order valence-electron chi connectivity index (χ2n) is 7.28. The molecule has 0 saturated carbocycles. The third kappa shape index (κ3) is 6.50. The Morgan fingerprint density at radius 2 is 1.76 bits per heavy atom. The molecule has 0 saturated heterocycles. The normalized spacial score (nSPS) is 10.7. The highest BCUT2D eigenvalue weighted by Gasteiger charge is 2.02. The Balaban J connectivity index is 0.00000300. The predicted octanol–water partition coefficient (Wildman–Crippen LogP) is 5.29. The molecule has 1 aromatic carbocycles. The summed E-state index contributed by atoms with van der Waals surface area (Å²) in [6, 6.07) is 11.7. The van der Waals surface area contributed by atoms with Crippen LogP contribution in [0.5, 0.6) is 5.75 Å². The molecule has 0 fully saturated rings. The van der Waals surface area contributed by atoms with Gasteiger partial charge in [0.25, 0.3) is 0 Å². The molecule has 0 aliphatic heterocycles. The minimum Gasteiger partial charge on any atom is -0.503 e. The maximum atomic E-state index is 11.4. The molecule has 0 aliphatic rings. The summed E-state index contributed by atoms with van der Waals surface area (Å²) in [7, 11) is 0. The van der Waals surface area contributed by atoms with E-state index >= 15 is 0 Å². The number of aromatic nitrogens is 2. The molecule has 5 nitrogen and oxygen atoms in total. The lowest BCUT2D eigenvalue weighted by molar-refractivity contribution is 0.455. The van der Waals surface area contributed by atoms with Gasteiger partial charge in [-0.1, -0.05) is 43.9 Å². The fraction of sp³-hybridized carbons (Fsp3) is 0.391. The number of hydrogen-bond acceptors (Lipinski definition) is 4. The molecule has 0 unspecified atom stereocenters.